The minimum absolute atomic E-state index is 0.120. The second-order valence-corrected chi connectivity index (χ2v) is 8.05. The van der Waals surface area contributed by atoms with Crippen molar-refractivity contribution in [3.8, 4) is 0 Å². The van der Waals surface area contributed by atoms with Gasteiger partial charge in [-0.1, -0.05) is 43.2 Å². The highest BCUT2D eigenvalue weighted by molar-refractivity contribution is 5.87. The van der Waals surface area contributed by atoms with Crippen LogP contribution < -0.4 is 14.8 Å². The summed E-state index contributed by atoms with van der Waals surface area (Å²) in [5.74, 6) is 0. The number of fused-ring (bicyclic) bond motifs is 1. The Labute approximate surface area is 185 Å². The molecule has 1 aromatic heterocycles. The van der Waals surface area contributed by atoms with Crippen LogP contribution in [0.25, 0.3) is 0 Å². The fraction of sp³-hybridized carbons (Fsp3) is 0.360. The van der Waals surface area contributed by atoms with Crippen molar-refractivity contribution in [1.29, 1.82) is 0 Å². The Morgan fingerprint density at radius 2 is 1.65 bits per heavy atom. The minimum Gasteiger partial charge on any atom is -0.348 e. The number of unbranched alkanes of at least 4 members (excludes halogenated alkanes) is 3. The maximum atomic E-state index is 4.76. The lowest BCUT2D eigenvalue weighted by Gasteiger charge is -2.28. The van der Waals surface area contributed by atoms with Crippen LogP contribution in [0.15, 0.2) is 78.4 Å². The normalized spacial score (nSPS) is 15.6. The maximum Gasteiger partial charge on any atom is 0.140 e. The fourth-order valence-corrected chi connectivity index (χ4v) is 4.15. The summed E-state index contributed by atoms with van der Waals surface area (Å²) in [6.07, 6.45) is 12.8. The van der Waals surface area contributed by atoms with Crippen LogP contribution >= 0.6 is 0 Å². The van der Waals surface area contributed by atoms with Gasteiger partial charge in [0.05, 0.1) is 29.6 Å². The number of rotatable bonds is 10. The zero-order chi connectivity index (χ0) is 21.5. The Kier molecular flexibility index (Phi) is 6.87. The molecule has 4 rings (SSSR count). The van der Waals surface area contributed by atoms with Gasteiger partial charge in [-0.25, -0.2) is 4.98 Å². The molecule has 2 heterocycles. The van der Waals surface area contributed by atoms with Crippen molar-refractivity contribution in [2.75, 3.05) is 35.4 Å². The van der Waals surface area contributed by atoms with Crippen molar-refractivity contribution in [3.05, 3.63) is 73.3 Å². The second kappa shape index (κ2) is 10.2. The van der Waals surface area contributed by atoms with E-state index >= 15 is 0 Å². The largest absolute Gasteiger partial charge is 0.348 e. The number of hydrogen-bond donors (Lipinski definition) is 0. The summed E-state index contributed by atoms with van der Waals surface area (Å²) in [4.78, 5) is 8.91. The first kappa shape index (κ1) is 21.0. The van der Waals surface area contributed by atoms with Crippen LogP contribution in [0.3, 0.4) is 0 Å². The molecule has 3 aromatic rings. The van der Waals surface area contributed by atoms with Gasteiger partial charge in [-0.15, -0.1) is 0 Å². The van der Waals surface area contributed by atoms with Crippen LogP contribution in [0.2, 0.25) is 0 Å². The first-order valence-corrected chi connectivity index (χ1v) is 11.1. The standard InChI is InChI=1S/C25H32N6/c1-28-23-14-8-9-15-24(23)31(18-11-4-3-10-17-30-19-16-26-21-30)25(28)20-27-29(2)22-12-6-5-7-13-22/h5-9,12-16,19-21,25H,3-4,10-11,17-18H2,1-2H3/b27-20+. The molecule has 0 saturated carbocycles. The van der Waals surface area contributed by atoms with Gasteiger partial charge in [0.25, 0.3) is 0 Å². The average molecular weight is 417 g/mol. The van der Waals surface area contributed by atoms with Gasteiger partial charge in [-0.3, -0.25) is 5.01 Å². The molecular formula is C25H32N6. The predicted octanol–water partition coefficient (Wildman–Crippen LogP) is 4.85. The highest BCUT2D eigenvalue weighted by atomic mass is 15.5. The van der Waals surface area contributed by atoms with Crippen LogP contribution in [0.1, 0.15) is 25.7 Å². The third-order valence-electron chi connectivity index (χ3n) is 5.91. The highest BCUT2D eigenvalue weighted by Gasteiger charge is 2.31. The fourth-order valence-electron chi connectivity index (χ4n) is 4.15. The topological polar surface area (TPSA) is 39.9 Å². The van der Waals surface area contributed by atoms with Gasteiger partial charge in [-0.2, -0.15) is 5.10 Å². The maximum absolute atomic E-state index is 4.76. The Hall–Kier alpha value is -3.28. The van der Waals surface area contributed by atoms with Crippen LogP contribution in [0.5, 0.6) is 0 Å². The number of aromatic nitrogens is 2. The van der Waals surface area contributed by atoms with E-state index in [9.17, 15) is 0 Å². The number of imidazole rings is 1. The van der Waals surface area contributed by atoms with Crippen molar-refractivity contribution in [1.82, 2.24) is 9.55 Å². The van der Waals surface area contributed by atoms with Crippen LogP contribution in [0.4, 0.5) is 17.1 Å². The molecule has 1 aliphatic rings. The Balaban J connectivity index is 1.36. The van der Waals surface area contributed by atoms with E-state index in [1.165, 1.54) is 37.1 Å². The van der Waals surface area contributed by atoms with E-state index < -0.39 is 0 Å². The molecule has 1 unspecified atom stereocenters. The lowest BCUT2D eigenvalue weighted by atomic mass is 10.1. The molecule has 0 fully saturated rings. The molecule has 0 amide bonds. The Morgan fingerprint density at radius 3 is 2.39 bits per heavy atom. The van der Waals surface area contributed by atoms with E-state index in [1.807, 2.05) is 49.0 Å². The molecular weight excluding hydrogens is 384 g/mol. The molecule has 0 aliphatic carbocycles. The molecule has 0 saturated heterocycles. The molecule has 0 spiro atoms. The summed E-state index contributed by atoms with van der Waals surface area (Å²) in [7, 11) is 4.15. The van der Waals surface area contributed by atoms with Crippen LogP contribution in [-0.2, 0) is 6.54 Å². The van der Waals surface area contributed by atoms with E-state index in [1.54, 1.807) is 0 Å². The van der Waals surface area contributed by atoms with Crippen molar-refractivity contribution in [2.24, 2.45) is 5.10 Å². The molecule has 0 radical (unpaired) electrons. The molecule has 1 atom stereocenters. The zero-order valence-corrected chi connectivity index (χ0v) is 18.5. The number of nitrogens with zero attached hydrogens (tertiary/aromatic N) is 6. The average Bonchev–Trinajstić information content (AvgIpc) is 3.42. The minimum atomic E-state index is 0.120. The monoisotopic (exact) mass is 416 g/mol. The number of hydrazone groups is 1. The van der Waals surface area contributed by atoms with Gasteiger partial charge < -0.3 is 14.4 Å². The van der Waals surface area contributed by atoms with Crippen molar-refractivity contribution in [3.63, 3.8) is 0 Å². The molecule has 0 bridgehead atoms. The number of para-hydroxylation sites is 3. The zero-order valence-electron chi connectivity index (χ0n) is 18.5. The summed E-state index contributed by atoms with van der Waals surface area (Å²) < 4.78 is 2.15. The number of anilines is 3. The first-order chi connectivity index (χ1) is 15.2. The number of benzene rings is 2. The smallest absolute Gasteiger partial charge is 0.140 e. The lowest BCUT2D eigenvalue weighted by molar-refractivity contribution is 0.565. The predicted molar refractivity (Wildman–Crippen MR) is 130 cm³/mol. The molecule has 6 nitrogen and oxygen atoms in total. The van der Waals surface area contributed by atoms with Gasteiger partial charge in [0.1, 0.15) is 6.17 Å². The van der Waals surface area contributed by atoms with Gasteiger partial charge in [0, 0.05) is 39.6 Å². The SMILES string of the molecule is CN(/N=C/C1N(C)c2ccccc2N1CCCCCCn1ccnc1)c1ccccc1. The van der Waals surface area contributed by atoms with E-state index in [-0.39, 0.29) is 6.17 Å². The van der Waals surface area contributed by atoms with Crippen LogP contribution in [-0.4, -0.2) is 42.6 Å². The summed E-state index contributed by atoms with van der Waals surface area (Å²) in [5, 5.41) is 6.70. The van der Waals surface area contributed by atoms with E-state index in [0.29, 0.717) is 0 Å². The van der Waals surface area contributed by atoms with Crippen LogP contribution in [0, 0.1) is 0 Å². The lowest BCUT2D eigenvalue weighted by Crippen LogP contribution is -2.43. The Morgan fingerprint density at radius 1 is 0.935 bits per heavy atom. The summed E-state index contributed by atoms with van der Waals surface area (Å²) in [5.41, 5.74) is 3.64. The van der Waals surface area contributed by atoms with Crippen molar-refractivity contribution >= 4 is 23.3 Å². The van der Waals surface area contributed by atoms with E-state index in [0.717, 1.165) is 18.8 Å². The molecule has 6 heteroatoms. The number of hydrogen-bond acceptors (Lipinski definition) is 5. The quantitative estimate of drug-likeness (QED) is 0.269. The van der Waals surface area contributed by atoms with Crippen molar-refractivity contribution < 1.29 is 0 Å². The van der Waals surface area contributed by atoms with E-state index in [2.05, 4.69) is 69.0 Å². The van der Waals surface area contributed by atoms with Gasteiger partial charge in [0.15, 0.2) is 0 Å². The summed E-state index contributed by atoms with van der Waals surface area (Å²) in [6.45, 7) is 2.08. The Bertz CT molecular complexity index is 953. The third kappa shape index (κ3) is 5.08. The second-order valence-electron chi connectivity index (χ2n) is 8.05. The van der Waals surface area contributed by atoms with Gasteiger partial charge in [0.2, 0.25) is 0 Å². The number of aryl methyl sites for hydroxylation is 1. The van der Waals surface area contributed by atoms with Gasteiger partial charge in [-0.05, 0) is 37.1 Å². The molecule has 1 aliphatic heterocycles. The molecule has 0 N–H and O–H groups in total. The highest BCUT2D eigenvalue weighted by Crippen LogP contribution is 2.38. The van der Waals surface area contributed by atoms with Gasteiger partial charge >= 0.3 is 0 Å². The van der Waals surface area contributed by atoms with Crippen molar-refractivity contribution in [2.45, 2.75) is 38.4 Å². The molecule has 162 valence electrons. The van der Waals surface area contributed by atoms with E-state index in [4.69, 9.17) is 5.10 Å². The third-order valence-corrected chi connectivity index (χ3v) is 5.91. The first-order valence-electron chi connectivity index (χ1n) is 11.1. The summed E-state index contributed by atoms with van der Waals surface area (Å²) >= 11 is 0. The molecule has 31 heavy (non-hydrogen) atoms. The summed E-state index contributed by atoms with van der Waals surface area (Å²) in [6, 6.07) is 18.9. The molecule has 2 aromatic carbocycles.